The Morgan fingerprint density at radius 1 is 1.39 bits per heavy atom. The molecule has 0 saturated heterocycles. The Balaban J connectivity index is 2.61. The molecule has 18 heavy (non-hydrogen) atoms. The number of benzene rings is 1. The molecule has 0 saturated carbocycles. The number of nitrogens with one attached hydrogen (secondary N) is 1. The first kappa shape index (κ1) is 11.0. The highest BCUT2D eigenvalue weighted by atomic mass is 16.1. The van der Waals surface area contributed by atoms with E-state index in [-0.39, 0.29) is 5.56 Å². The van der Waals surface area contributed by atoms with Crippen LogP contribution in [-0.4, -0.2) is 14.5 Å². The van der Waals surface area contributed by atoms with Crippen molar-refractivity contribution in [1.29, 1.82) is 0 Å². The molecule has 0 aliphatic rings. The number of rotatable bonds is 2. The number of hydrogen-bond donors (Lipinski definition) is 1. The summed E-state index contributed by atoms with van der Waals surface area (Å²) in [7, 11) is 0. The van der Waals surface area contributed by atoms with E-state index in [0.29, 0.717) is 5.52 Å². The number of pyridine rings is 1. The van der Waals surface area contributed by atoms with E-state index < -0.39 is 0 Å². The Bertz CT molecular complexity index is 783. The lowest BCUT2D eigenvalue weighted by molar-refractivity contribution is 0.682. The average Bonchev–Trinajstić information content (AvgIpc) is 2.83. The number of imidazole rings is 1. The van der Waals surface area contributed by atoms with Gasteiger partial charge in [-0.1, -0.05) is 19.1 Å². The molecule has 4 heteroatoms. The molecule has 0 amide bonds. The zero-order chi connectivity index (χ0) is 12.7. The van der Waals surface area contributed by atoms with E-state index in [1.807, 2.05) is 16.7 Å². The van der Waals surface area contributed by atoms with E-state index in [4.69, 9.17) is 0 Å². The van der Waals surface area contributed by atoms with Crippen LogP contribution in [0, 0.1) is 6.92 Å². The van der Waals surface area contributed by atoms with Crippen molar-refractivity contribution >= 4 is 21.9 Å². The second kappa shape index (κ2) is 3.98. The molecule has 0 bridgehead atoms. The predicted molar refractivity (Wildman–Crippen MR) is 72.9 cm³/mol. The molecule has 3 rings (SSSR count). The first-order valence-electron chi connectivity index (χ1n) is 6.19. The third-order valence-corrected chi connectivity index (χ3v) is 3.32. The van der Waals surface area contributed by atoms with Gasteiger partial charge in [-0.25, -0.2) is 4.98 Å². The summed E-state index contributed by atoms with van der Waals surface area (Å²) in [5.41, 5.74) is 3.52. The van der Waals surface area contributed by atoms with Gasteiger partial charge in [-0.3, -0.25) is 4.79 Å². The van der Waals surface area contributed by atoms with Gasteiger partial charge in [-0.15, -0.1) is 0 Å². The van der Waals surface area contributed by atoms with Crippen LogP contribution in [0.15, 0.2) is 29.3 Å². The molecule has 2 aromatic heterocycles. The van der Waals surface area contributed by atoms with Gasteiger partial charge in [-0.05, 0) is 25.0 Å². The molecule has 92 valence electrons. The molecule has 4 nitrogen and oxygen atoms in total. The fourth-order valence-electron chi connectivity index (χ4n) is 2.52. The summed E-state index contributed by atoms with van der Waals surface area (Å²) in [6.45, 7) is 4.86. The first-order valence-corrected chi connectivity index (χ1v) is 6.19. The number of aryl methyl sites for hydroxylation is 2. The summed E-state index contributed by atoms with van der Waals surface area (Å²) in [6, 6.07) is 6.03. The molecule has 3 aromatic rings. The highest BCUT2D eigenvalue weighted by molar-refractivity contribution is 6.03. The van der Waals surface area contributed by atoms with Crippen LogP contribution in [0.5, 0.6) is 0 Å². The van der Waals surface area contributed by atoms with Crippen molar-refractivity contribution < 1.29 is 0 Å². The summed E-state index contributed by atoms with van der Waals surface area (Å²) >= 11 is 0. The Labute approximate surface area is 104 Å². The van der Waals surface area contributed by atoms with E-state index in [2.05, 4.69) is 29.9 Å². The molecular weight excluding hydrogens is 226 g/mol. The van der Waals surface area contributed by atoms with Crippen molar-refractivity contribution in [2.45, 2.75) is 26.8 Å². The van der Waals surface area contributed by atoms with Crippen molar-refractivity contribution in [2.75, 3.05) is 0 Å². The van der Waals surface area contributed by atoms with Crippen LogP contribution >= 0.6 is 0 Å². The van der Waals surface area contributed by atoms with E-state index in [0.717, 1.165) is 34.9 Å². The number of hydrogen-bond acceptors (Lipinski definition) is 2. The quantitative estimate of drug-likeness (QED) is 0.749. The van der Waals surface area contributed by atoms with Crippen LogP contribution in [0.2, 0.25) is 0 Å². The number of nitrogens with zero attached hydrogens (tertiary/aromatic N) is 2. The maximum atomic E-state index is 12.4. The molecule has 0 aliphatic carbocycles. The molecular formula is C14H15N3O. The van der Waals surface area contributed by atoms with Gasteiger partial charge < -0.3 is 9.55 Å². The minimum Gasteiger partial charge on any atom is -0.340 e. The van der Waals surface area contributed by atoms with Gasteiger partial charge in [0.15, 0.2) is 0 Å². The second-order valence-electron chi connectivity index (χ2n) is 4.55. The fourth-order valence-corrected chi connectivity index (χ4v) is 2.52. The number of aromatic amines is 1. The topological polar surface area (TPSA) is 50.7 Å². The normalized spacial score (nSPS) is 11.4. The first-order chi connectivity index (χ1) is 8.74. The molecule has 0 spiro atoms. The minimum atomic E-state index is 0.0162. The lowest BCUT2D eigenvalue weighted by atomic mass is 10.1. The Hall–Kier alpha value is -2.10. The summed E-state index contributed by atoms with van der Waals surface area (Å²) < 4.78 is 1.84. The molecule has 0 atom stereocenters. The SMILES string of the molecule is CCCn1c(=O)c2[nH]cnc2c2c(C)cccc21. The maximum absolute atomic E-state index is 12.4. The summed E-state index contributed by atoms with van der Waals surface area (Å²) in [4.78, 5) is 19.7. The zero-order valence-corrected chi connectivity index (χ0v) is 10.5. The number of aromatic nitrogens is 3. The van der Waals surface area contributed by atoms with Gasteiger partial charge in [-0.2, -0.15) is 0 Å². The van der Waals surface area contributed by atoms with E-state index in [1.165, 1.54) is 0 Å². The smallest absolute Gasteiger partial charge is 0.277 e. The van der Waals surface area contributed by atoms with Crippen LogP contribution in [-0.2, 0) is 6.54 Å². The summed E-state index contributed by atoms with van der Waals surface area (Å²) in [5.74, 6) is 0. The standard InChI is InChI=1S/C14H15N3O/c1-3-7-17-10-6-4-5-9(2)11(10)12-13(14(17)18)16-8-15-12/h4-6,8H,3,7H2,1-2H3,(H,15,16). The predicted octanol–water partition coefficient (Wildman–Crippen LogP) is 2.60. The average molecular weight is 241 g/mol. The van der Waals surface area contributed by atoms with Gasteiger partial charge >= 0.3 is 0 Å². The highest BCUT2D eigenvalue weighted by Crippen LogP contribution is 2.23. The minimum absolute atomic E-state index is 0.0162. The summed E-state index contributed by atoms with van der Waals surface area (Å²) in [6.07, 6.45) is 2.52. The maximum Gasteiger partial charge on any atom is 0.277 e. The highest BCUT2D eigenvalue weighted by Gasteiger charge is 2.13. The van der Waals surface area contributed by atoms with Gasteiger partial charge in [0.1, 0.15) is 11.0 Å². The third kappa shape index (κ3) is 1.38. The molecule has 1 aromatic carbocycles. The Morgan fingerprint density at radius 3 is 3.00 bits per heavy atom. The molecule has 0 aliphatic heterocycles. The van der Waals surface area contributed by atoms with Crippen LogP contribution in [0.25, 0.3) is 21.9 Å². The van der Waals surface area contributed by atoms with E-state index in [1.54, 1.807) is 6.33 Å². The van der Waals surface area contributed by atoms with E-state index >= 15 is 0 Å². The van der Waals surface area contributed by atoms with Crippen molar-refractivity contribution in [2.24, 2.45) is 0 Å². The molecule has 0 unspecified atom stereocenters. The van der Waals surface area contributed by atoms with Crippen molar-refractivity contribution in [3.63, 3.8) is 0 Å². The van der Waals surface area contributed by atoms with Crippen molar-refractivity contribution in [3.8, 4) is 0 Å². The molecule has 0 fully saturated rings. The van der Waals surface area contributed by atoms with Crippen LogP contribution in [0.1, 0.15) is 18.9 Å². The van der Waals surface area contributed by atoms with E-state index in [9.17, 15) is 4.79 Å². The fraction of sp³-hybridized carbons (Fsp3) is 0.286. The number of H-pyrrole nitrogens is 1. The third-order valence-electron chi connectivity index (χ3n) is 3.32. The molecule has 1 N–H and O–H groups in total. The monoisotopic (exact) mass is 241 g/mol. The Kier molecular flexibility index (Phi) is 2.44. The summed E-state index contributed by atoms with van der Waals surface area (Å²) in [5, 5.41) is 1.07. The molecule has 0 radical (unpaired) electrons. The number of fused-ring (bicyclic) bond motifs is 3. The zero-order valence-electron chi connectivity index (χ0n) is 10.5. The van der Waals surface area contributed by atoms with Crippen molar-refractivity contribution in [1.82, 2.24) is 14.5 Å². The van der Waals surface area contributed by atoms with Crippen LogP contribution in [0.3, 0.4) is 0 Å². The second-order valence-corrected chi connectivity index (χ2v) is 4.55. The van der Waals surface area contributed by atoms with Gasteiger partial charge in [0.05, 0.1) is 11.8 Å². The van der Waals surface area contributed by atoms with Crippen LogP contribution in [0.4, 0.5) is 0 Å². The largest absolute Gasteiger partial charge is 0.340 e. The van der Waals surface area contributed by atoms with Crippen LogP contribution < -0.4 is 5.56 Å². The van der Waals surface area contributed by atoms with Crippen molar-refractivity contribution in [3.05, 3.63) is 40.4 Å². The molecule has 2 heterocycles. The lowest BCUT2D eigenvalue weighted by Gasteiger charge is -2.11. The Morgan fingerprint density at radius 2 is 2.22 bits per heavy atom. The van der Waals surface area contributed by atoms with Gasteiger partial charge in [0.2, 0.25) is 0 Å². The van der Waals surface area contributed by atoms with Gasteiger partial charge in [0, 0.05) is 11.9 Å². The van der Waals surface area contributed by atoms with Gasteiger partial charge in [0.25, 0.3) is 5.56 Å². The lowest BCUT2D eigenvalue weighted by Crippen LogP contribution is -2.21.